The van der Waals surface area contributed by atoms with E-state index in [-0.39, 0.29) is 5.91 Å². The molecule has 0 saturated carbocycles. The highest BCUT2D eigenvalue weighted by atomic mass is 35.5. The van der Waals surface area contributed by atoms with Gasteiger partial charge in [-0.2, -0.15) is 5.10 Å². The number of nitrogens with zero attached hydrogens (tertiary/aromatic N) is 2. The van der Waals surface area contributed by atoms with E-state index in [2.05, 4.69) is 10.4 Å². The van der Waals surface area contributed by atoms with Gasteiger partial charge in [0.2, 0.25) is 0 Å². The van der Waals surface area contributed by atoms with E-state index in [1.807, 2.05) is 32.0 Å². The molecule has 0 bridgehead atoms. The van der Waals surface area contributed by atoms with E-state index in [0.717, 1.165) is 22.4 Å². The second-order valence-corrected chi connectivity index (χ2v) is 7.20. The summed E-state index contributed by atoms with van der Waals surface area (Å²) in [6, 6.07) is 11.4. The maximum atomic E-state index is 12.5. The van der Waals surface area contributed by atoms with E-state index in [0.29, 0.717) is 36.0 Å². The summed E-state index contributed by atoms with van der Waals surface area (Å²) in [5, 5.41) is 7.55. The second-order valence-electron chi connectivity index (χ2n) is 6.76. The van der Waals surface area contributed by atoms with Crippen LogP contribution in [0, 0.1) is 13.8 Å². The maximum Gasteiger partial charge on any atom is 0.251 e. The zero-order valence-corrected chi connectivity index (χ0v) is 17.5. The quantitative estimate of drug-likeness (QED) is 0.602. The van der Waals surface area contributed by atoms with E-state index in [1.54, 1.807) is 42.4 Å². The van der Waals surface area contributed by atoms with E-state index in [1.165, 1.54) is 0 Å². The Hall–Kier alpha value is -2.99. The summed E-state index contributed by atoms with van der Waals surface area (Å²) in [6.07, 6.45) is 3.28. The number of nitrogens with one attached hydrogen (secondary N) is 1. The Morgan fingerprint density at radius 1 is 1.17 bits per heavy atom. The average molecular weight is 414 g/mol. The van der Waals surface area contributed by atoms with Gasteiger partial charge in [-0.3, -0.25) is 9.48 Å². The first-order valence-corrected chi connectivity index (χ1v) is 9.67. The molecule has 1 aromatic heterocycles. The van der Waals surface area contributed by atoms with Gasteiger partial charge >= 0.3 is 0 Å². The lowest BCUT2D eigenvalue weighted by atomic mass is 10.1. The molecule has 152 valence electrons. The third kappa shape index (κ3) is 5.51. The highest BCUT2D eigenvalue weighted by Gasteiger charge is 2.12. The summed E-state index contributed by atoms with van der Waals surface area (Å²) in [5.41, 5.74) is 3.54. The fraction of sp³-hybridized carbons (Fsp3) is 0.273. The smallest absolute Gasteiger partial charge is 0.251 e. The van der Waals surface area contributed by atoms with E-state index >= 15 is 0 Å². The molecule has 3 aromatic rings. The fourth-order valence-corrected chi connectivity index (χ4v) is 3.05. The minimum Gasteiger partial charge on any atom is -0.496 e. The minimum atomic E-state index is -0.168. The topological polar surface area (TPSA) is 65.4 Å². The van der Waals surface area contributed by atoms with Gasteiger partial charge in [-0.15, -0.1) is 0 Å². The van der Waals surface area contributed by atoms with Crippen LogP contribution < -0.4 is 14.8 Å². The Balaban J connectivity index is 1.65. The van der Waals surface area contributed by atoms with Crippen molar-refractivity contribution in [3.8, 4) is 11.5 Å². The molecule has 1 amide bonds. The van der Waals surface area contributed by atoms with Crippen molar-refractivity contribution in [3.63, 3.8) is 0 Å². The van der Waals surface area contributed by atoms with Crippen LogP contribution in [0.4, 0.5) is 0 Å². The standard InChI is InChI=1S/C22H24ClN3O3/c1-15-4-5-16(2)21(10-15)29-14-18-11-17(6-7-20(18)28-3)22(27)24-8-9-26-13-19(23)12-25-26/h4-7,10-13H,8-9,14H2,1-3H3,(H,24,27). The van der Waals surface area contributed by atoms with Crippen molar-refractivity contribution in [1.82, 2.24) is 15.1 Å². The summed E-state index contributed by atoms with van der Waals surface area (Å²) in [7, 11) is 1.60. The number of amides is 1. The molecule has 1 heterocycles. The number of hydrogen-bond donors (Lipinski definition) is 1. The first-order chi connectivity index (χ1) is 14.0. The number of rotatable bonds is 8. The minimum absolute atomic E-state index is 0.168. The number of benzene rings is 2. The van der Waals surface area contributed by atoms with Crippen LogP contribution in [0.25, 0.3) is 0 Å². The molecule has 7 heteroatoms. The van der Waals surface area contributed by atoms with Gasteiger partial charge in [0, 0.05) is 23.9 Å². The number of aryl methyl sites for hydroxylation is 2. The van der Waals surface area contributed by atoms with Crippen LogP contribution in [0.15, 0.2) is 48.8 Å². The lowest BCUT2D eigenvalue weighted by Gasteiger charge is -2.14. The van der Waals surface area contributed by atoms with Gasteiger partial charge in [0.1, 0.15) is 18.1 Å². The molecular weight excluding hydrogens is 390 g/mol. The van der Waals surface area contributed by atoms with Gasteiger partial charge in [0.25, 0.3) is 5.91 Å². The van der Waals surface area contributed by atoms with Gasteiger partial charge in [-0.25, -0.2) is 0 Å². The van der Waals surface area contributed by atoms with Crippen LogP contribution in [0.3, 0.4) is 0 Å². The first kappa shape index (κ1) is 20.7. The van der Waals surface area contributed by atoms with Crippen molar-refractivity contribution >= 4 is 17.5 Å². The number of methoxy groups -OCH3 is 1. The van der Waals surface area contributed by atoms with E-state index < -0.39 is 0 Å². The van der Waals surface area contributed by atoms with Crippen molar-refractivity contribution in [1.29, 1.82) is 0 Å². The third-order valence-electron chi connectivity index (χ3n) is 4.50. The fourth-order valence-electron chi connectivity index (χ4n) is 2.90. The van der Waals surface area contributed by atoms with Crippen LogP contribution in [0.2, 0.25) is 5.02 Å². The average Bonchev–Trinajstić information content (AvgIpc) is 3.13. The molecule has 0 fully saturated rings. The Morgan fingerprint density at radius 3 is 2.72 bits per heavy atom. The monoisotopic (exact) mass is 413 g/mol. The van der Waals surface area contributed by atoms with Crippen LogP contribution in [-0.4, -0.2) is 29.3 Å². The molecule has 0 unspecified atom stereocenters. The van der Waals surface area contributed by atoms with E-state index in [4.69, 9.17) is 21.1 Å². The van der Waals surface area contributed by atoms with Gasteiger partial charge in [-0.05, 0) is 49.2 Å². The van der Waals surface area contributed by atoms with Crippen molar-refractivity contribution < 1.29 is 14.3 Å². The molecule has 0 spiro atoms. The van der Waals surface area contributed by atoms with Gasteiger partial charge in [0.15, 0.2) is 0 Å². The molecule has 2 aromatic carbocycles. The van der Waals surface area contributed by atoms with Crippen LogP contribution in [0.5, 0.6) is 11.5 Å². The highest BCUT2D eigenvalue weighted by Crippen LogP contribution is 2.25. The van der Waals surface area contributed by atoms with Gasteiger partial charge in [0.05, 0.1) is 24.9 Å². The SMILES string of the molecule is COc1ccc(C(=O)NCCn2cc(Cl)cn2)cc1COc1cc(C)ccc1C. The van der Waals surface area contributed by atoms with Crippen LogP contribution >= 0.6 is 11.6 Å². The Kier molecular flexibility index (Phi) is 6.77. The largest absolute Gasteiger partial charge is 0.496 e. The molecule has 0 aliphatic heterocycles. The predicted octanol–water partition coefficient (Wildman–Crippen LogP) is 4.17. The summed E-state index contributed by atoms with van der Waals surface area (Å²) in [4.78, 5) is 12.5. The molecule has 6 nitrogen and oxygen atoms in total. The zero-order chi connectivity index (χ0) is 20.8. The number of ether oxygens (including phenoxy) is 2. The molecule has 0 aliphatic carbocycles. The molecule has 0 aliphatic rings. The highest BCUT2D eigenvalue weighted by molar-refractivity contribution is 6.30. The lowest BCUT2D eigenvalue weighted by Crippen LogP contribution is -2.27. The molecule has 0 atom stereocenters. The molecule has 0 saturated heterocycles. The van der Waals surface area contributed by atoms with E-state index in [9.17, 15) is 4.79 Å². The number of hydrogen-bond acceptors (Lipinski definition) is 4. The summed E-state index contributed by atoms with van der Waals surface area (Å²) in [6.45, 7) is 5.31. The normalized spacial score (nSPS) is 10.6. The number of halogens is 1. The zero-order valence-electron chi connectivity index (χ0n) is 16.7. The van der Waals surface area contributed by atoms with Gasteiger partial charge < -0.3 is 14.8 Å². The molecule has 0 radical (unpaired) electrons. The van der Waals surface area contributed by atoms with Gasteiger partial charge in [-0.1, -0.05) is 23.7 Å². The molecule has 1 N–H and O–H groups in total. The van der Waals surface area contributed by atoms with Crippen LogP contribution in [-0.2, 0) is 13.2 Å². The summed E-state index contributed by atoms with van der Waals surface area (Å²) in [5.74, 6) is 1.33. The maximum absolute atomic E-state index is 12.5. The summed E-state index contributed by atoms with van der Waals surface area (Å²) >= 11 is 5.84. The van der Waals surface area contributed by atoms with Crippen molar-refractivity contribution in [2.24, 2.45) is 0 Å². The van der Waals surface area contributed by atoms with Crippen molar-refractivity contribution in [2.45, 2.75) is 27.0 Å². The third-order valence-corrected chi connectivity index (χ3v) is 4.69. The number of carbonyl (C=O) groups is 1. The molecule has 3 rings (SSSR count). The van der Waals surface area contributed by atoms with Crippen molar-refractivity contribution in [2.75, 3.05) is 13.7 Å². The van der Waals surface area contributed by atoms with Crippen LogP contribution in [0.1, 0.15) is 27.0 Å². The predicted molar refractivity (Wildman–Crippen MR) is 113 cm³/mol. The molecular formula is C22H24ClN3O3. The Labute approximate surface area is 175 Å². The number of aromatic nitrogens is 2. The van der Waals surface area contributed by atoms with Crippen molar-refractivity contribution in [3.05, 3.63) is 76.1 Å². The second kappa shape index (κ2) is 9.47. The Morgan fingerprint density at radius 2 is 2.00 bits per heavy atom. The number of carbonyl (C=O) groups excluding carboxylic acids is 1. The Bertz CT molecular complexity index is 1000. The lowest BCUT2D eigenvalue weighted by molar-refractivity contribution is 0.0951. The summed E-state index contributed by atoms with van der Waals surface area (Å²) < 4.78 is 13.1. The molecule has 29 heavy (non-hydrogen) atoms. The first-order valence-electron chi connectivity index (χ1n) is 9.29.